The van der Waals surface area contributed by atoms with Crippen molar-refractivity contribution in [3.63, 3.8) is 0 Å². The maximum atomic E-state index is 12.8. The fourth-order valence-corrected chi connectivity index (χ4v) is 4.18. The lowest BCUT2D eigenvalue weighted by atomic mass is 10.1. The quantitative estimate of drug-likeness (QED) is 0.666. The summed E-state index contributed by atoms with van der Waals surface area (Å²) in [6.45, 7) is 4.24. The Morgan fingerprint density at radius 1 is 1.10 bits per heavy atom. The summed E-state index contributed by atoms with van der Waals surface area (Å²) < 4.78 is 44.2. The molecule has 3 rings (SSSR count). The predicted molar refractivity (Wildman–Crippen MR) is 108 cm³/mol. The van der Waals surface area contributed by atoms with Crippen molar-refractivity contribution in [2.24, 2.45) is 5.92 Å². The van der Waals surface area contributed by atoms with Crippen LogP contribution in [0.5, 0.6) is 11.5 Å². The molecule has 1 N–H and O–H groups in total. The van der Waals surface area contributed by atoms with Gasteiger partial charge >= 0.3 is 5.97 Å². The number of sulfonamides is 1. The van der Waals surface area contributed by atoms with E-state index in [4.69, 9.17) is 25.8 Å². The van der Waals surface area contributed by atoms with E-state index in [0.717, 1.165) is 5.56 Å². The number of nitrogens with one attached hydrogen (secondary N) is 1. The average Bonchev–Trinajstić information content (AvgIpc) is 2.71. The van der Waals surface area contributed by atoms with Crippen LogP contribution in [0, 0.1) is 5.92 Å². The van der Waals surface area contributed by atoms with E-state index in [-0.39, 0.29) is 17.4 Å². The van der Waals surface area contributed by atoms with Gasteiger partial charge < -0.3 is 14.2 Å². The SMILES string of the molecule is CC(C)[C@H](NS(=O)(=O)c1ccc2c(c1)OCCO2)C(=O)OCc1ccc(Cl)cc1. The Morgan fingerprint density at radius 3 is 2.41 bits per heavy atom. The predicted octanol–water partition coefficient (Wildman–Crippen LogP) is 3.16. The van der Waals surface area contributed by atoms with Crippen molar-refractivity contribution < 1.29 is 27.4 Å². The van der Waals surface area contributed by atoms with Crippen molar-refractivity contribution in [2.45, 2.75) is 31.4 Å². The Labute approximate surface area is 175 Å². The minimum atomic E-state index is -3.98. The first-order valence-electron chi connectivity index (χ1n) is 9.09. The minimum absolute atomic E-state index is 0.0158. The molecular formula is C20H22ClNO6S. The Hall–Kier alpha value is -2.29. The third-order valence-electron chi connectivity index (χ3n) is 4.32. The highest BCUT2D eigenvalue weighted by molar-refractivity contribution is 7.89. The van der Waals surface area contributed by atoms with Gasteiger partial charge in [0.15, 0.2) is 11.5 Å². The Bertz CT molecular complexity index is 975. The second-order valence-electron chi connectivity index (χ2n) is 6.88. The van der Waals surface area contributed by atoms with Gasteiger partial charge in [-0.2, -0.15) is 4.72 Å². The molecule has 1 aliphatic heterocycles. The third kappa shape index (κ3) is 5.41. The molecule has 1 heterocycles. The van der Waals surface area contributed by atoms with Crippen molar-refractivity contribution in [1.82, 2.24) is 4.72 Å². The highest BCUT2D eigenvalue weighted by Crippen LogP contribution is 2.32. The van der Waals surface area contributed by atoms with E-state index in [9.17, 15) is 13.2 Å². The normalized spacial score (nSPS) is 14.5. The summed E-state index contributed by atoms with van der Waals surface area (Å²) in [5.41, 5.74) is 0.750. The molecular weight excluding hydrogens is 418 g/mol. The van der Waals surface area contributed by atoms with Gasteiger partial charge in [0.25, 0.3) is 0 Å². The number of halogens is 1. The Balaban J connectivity index is 1.71. The molecule has 0 spiro atoms. The largest absolute Gasteiger partial charge is 0.486 e. The molecule has 0 fully saturated rings. The maximum absolute atomic E-state index is 12.8. The maximum Gasteiger partial charge on any atom is 0.324 e. The number of carbonyl (C=O) groups is 1. The van der Waals surface area contributed by atoms with E-state index in [1.54, 1.807) is 38.1 Å². The fourth-order valence-electron chi connectivity index (χ4n) is 2.71. The van der Waals surface area contributed by atoms with Gasteiger partial charge in [0.1, 0.15) is 25.9 Å². The first-order chi connectivity index (χ1) is 13.8. The van der Waals surface area contributed by atoms with Crippen LogP contribution in [0.1, 0.15) is 19.4 Å². The summed E-state index contributed by atoms with van der Waals surface area (Å²) in [4.78, 5) is 12.5. The van der Waals surface area contributed by atoms with Crippen LogP contribution in [0.25, 0.3) is 0 Å². The van der Waals surface area contributed by atoms with Crippen LogP contribution in [-0.4, -0.2) is 33.6 Å². The molecule has 2 aromatic carbocycles. The van der Waals surface area contributed by atoms with E-state index >= 15 is 0 Å². The molecule has 0 saturated heterocycles. The number of rotatable bonds is 7. The Morgan fingerprint density at radius 2 is 1.76 bits per heavy atom. The molecule has 0 amide bonds. The van der Waals surface area contributed by atoms with E-state index in [1.165, 1.54) is 18.2 Å². The number of ether oxygens (including phenoxy) is 3. The van der Waals surface area contributed by atoms with Crippen molar-refractivity contribution in [3.8, 4) is 11.5 Å². The van der Waals surface area contributed by atoms with E-state index in [2.05, 4.69) is 4.72 Å². The number of fused-ring (bicyclic) bond motifs is 1. The first-order valence-corrected chi connectivity index (χ1v) is 11.0. The summed E-state index contributed by atoms with van der Waals surface area (Å²) >= 11 is 5.84. The molecule has 7 nitrogen and oxygen atoms in total. The van der Waals surface area contributed by atoms with Crippen LogP contribution in [0.2, 0.25) is 5.02 Å². The average molecular weight is 440 g/mol. The lowest BCUT2D eigenvalue weighted by Crippen LogP contribution is -2.45. The molecule has 9 heteroatoms. The minimum Gasteiger partial charge on any atom is -0.486 e. The number of benzene rings is 2. The van der Waals surface area contributed by atoms with Crippen LogP contribution in [0.15, 0.2) is 47.4 Å². The number of esters is 1. The van der Waals surface area contributed by atoms with Gasteiger partial charge in [-0.3, -0.25) is 4.79 Å². The van der Waals surface area contributed by atoms with Crippen molar-refractivity contribution >= 4 is 27.6 Å². The zero-order valence-electron chi connectivity index (χ0n) is 16.1. The van der Waals surface area contributed by atoms with Crippen LogP contribution in [-0.2, 0) is 26.2 Å². The molecule has 29 heavy (non-hydrogen) atoms. The smallest absolute Gasteiger partial charge is 0.324 e. The molecule has 0 unspecified atom stereocenters. The van der Waals surface area contributed by atoms with E-state index < -0.39 is 22.0 Å². The molecule has 2 aromatic rings. The van der Waals surface area contributed by atoms with Crippen molar-refractivity contribution in [2.75, 3.05) is 13.2 Å². The van der Waals surface area contributed by atoms with Gasteiger partial charge in [-0.05, 0) is 35.7 Å². The molecule has 0 radical (unpaired) electrons. The summed E-state index contributed by atoms with van der Waals surface area (Å²) in [5.74, 6) is -0.140. The van der Waals surface area contributed by atoms with Gasteiger partial charge in [0, 0.05) is 11.1 Å². The van der Waals surface area contributed by atoms with E-state index in [1.807, 2.05) is 0 Å². The molecule has 0 aromatic heterocycles. The number of carbonyl (C=O) groups excluding carboxylic acids is 1. The molecule has 1 aliphatic rings. The van der Waals surface area contributed by atoms with Crippen LogP contribution in [0.4, 0.5) is 0 Å². The summed E-state index contributed by atoms with van der Waals surface area (Å²) in [7, 11) is -3.98. The topological polar surface area (TPSA) is 90.9 Å². The standard InChI is InChI=1S/C20H22ClNO6S/c1-13(2)19(20(23)28-12-14-3-5-15(21)6-4-14)22-29(24,25)16-7-8-17-18(11-16)27-10-9-26-17/h3-8,11,13,19,22H,9-10,12H2,1-2H3/t19-/m0/s1. The van der Waals surface area contributed by atoms with Gasteiger partial charge in [0.05, 0.1) is 4.90 Å². The lowest BCUT2D eigenvalue weighted by molar-refractivity contribution is -0.148. The first kappa shape index (κ1) is 21.4. The fraction of sp³-hybridized carbons (Fsp3) is 0.350. The second kappa shape index (κ2) is 9.02. The highest BCUT2D eigenvalue weighted by Gasteiger charge is 2.30. The highest BCUT2D eigenvalue weighted by atomic mass is 35.5. The third-order valence-corrected chi connectivity index (χ3v) is 6.01. The van der Waals surface area contributed by atoms with Crippen LogP contribution < -0.4 is 14.2 Å². The molecule has 0 aliphatic carbocycles. The molecule has 0 bridgehead atoms. The zero-order chi connectivity index (χ0) is 21.0. The monoisotopic (exact) mass is 439 g/mol. The lowest BCUT2D eigenvalue weighted by Gasteiger charge is -2.22. The summed E-state index contributed by atoms with van der Waals surface area (Å²) in [6, 6.07) is 10.1. The second-order valence-corrected chi connectivity index (χ2v) is 9.03. The number of hydrogen-bond donors (Lipinski definition) is 1. The Kier molecular flexibility index (Phi) is 6.66. The van der Waals surface area contributed by atoms with Crippen LogP contribution >= 0.6 is 11.6 Å². The summed E-state index contributed by atoms with van der Waals surface area (Å²) in [5, 5.41) is 0.576. The summed E-state index contributed by atoms with van der Waals surface area (Å²) in [6.07, 6.45) is 0. The molecule has 156 valence electrons. The number of hydrogen-bond acceptors (Lipinski definition) is 6. The zero-order valence-corrected chi connectivity index (χ0v) is 17.6. The van der Waals surface area contributed by atoms with Gasteiger partial charge in [0.2, 0.25) is 10.0 Å². The van der Waals surface area contributed by atoms with Crippen molar-refractivity contribution in [3.05, 3.63) is 53.1 Å². The molecule has 1 atom stereocenters. The van der Waals surface area contributed by atoms with Gasteiger partial charge in [-0.15, -0.1) is 0 Å². The van der Waals surface area contributed by atoms with Crippen LogP contribution in [0.3, 0.4) is 0 Å². The van der Waals surface area contributed by atoms with Gasteiger partial charge in [-0.1, -0.05) is 37.6 Å². The van der Waals surface area contributed by atoms with E-state index in [0.29, 0.717) is 29.7 Å². The van der Waals surface area contributed by atoms with Gasteiger partial charge in [-0.25, -0.2) is 8.42 Å². The molecule has 0 saturated carbocycles. The van der Waals surface area contributed by atoms with Crippen molar-refractivity contribution in [1.29, 1.82) is 0 Å².